The van der Waals surface area contributed by atoms with Crippen LogP contribution in [0.5, 0.6) is 5.75 Å². The highest BCUT2D eigenvalue weighted by Crippen LogP contribution is 2.32. The molecule has 2 aromatic carbocycles. The summed E-state index contributed by atoms with van der Waals surface area (Å²) in [7, 11) is 0. The lowest BCUT2D eigenvalue weighted by molar-refractivity contribution is 0.472. The van der Waals surface area contributed by atoms with Crippen molar-refractivity contribution in [3.63, 3.8) is 0 Å². The lowest BCUT2D eigenvalue weighted by Gasteiger charge is -2.38. The van der Waals surface area contributed by atoms with Crippen LogP contribution in [0.2, 0.25) is 0 Å². The van der Waals surface area contributed by atoms with Crippen molar-refractivity contribution in [2.75, 3.05) is 36.0 Å². The topological polar surface area (TPSA) is 39.6 Å². The molecule has 0 radical (unpaired) electrons. The number of hydrogen-bond donors (Lipinski definition) is 1. The van der Waals surface area contributed by atoms with Crippen molar-refractivity contribution in [3.05, 3.63) is 59.8 Å². The van der Waals surface area contributed by atoms with Gasteiger partial charge in [0.1, 0.15) is 11.3 Å². The molecule has 26 heavy (non-hydrogen) atoms. The Morgan fingerprint density at radius 3 is 2.27 bits per heavy atom. The molecule has 0 aliphatic carbocycles. The molecule has 1 saturated heterocycles. The summed E-state index contributed by atoms with van der Waals surface area (Å²) in [4.78, 5) is 8.47. The minimum Gasteiger partial charge on any atom is -0.506 e. The van der Waals surface area contributed by atoms with Crippen LogP contribution in [-0.4, -0.2) is 36.3 Å². The van der Waals surface area contributed by atoms with Crippen molar-refractivity contribution in [1.82, 2.24) is 4.98 Å². The second-order valence-electron chi connectivity index (χ2n) is 6.50. The number of aromatic hydroxyl groups is 1. The van der Waals surface area contributed by atoms with E-state index in [0.717, 1.165) is 30.5 Å². The first-order valence-electron chi connectivity index (χ1n) is 8.58. The molecule has 0 amide bonds. The van der Waals surface area contributed by atoms with Crippen molar-refractivity contribution >= 4 is 22.3 Å². The van der Waals surface area contributed by atoms with Crippen LogP contribution in [0.25, 0.3) is 10.9 Å². The molecular formula is C20H19F2N3O. The second kappa shape index (κ2) is 6.44. The van der Waals surface area contributed by atoms with Crippen molar-refractivity contribution in [2.45, 2.75) is 6.92 Å². The molecule has 1 aromatic heterocycles. The first kappa shape index (κ1) is 16.6. The molecule has 0 unspecified atom stereocenters. The number of phenols is 1. The maximum atomic E-state index is 14.2. The van der Waals surface area contributed by atoms with Gasteiger partial charge in [-0.3, -0.25) is 0 Å². The molecule has 4 rings (SSSR count). The standard InChI is InChI=1S/C20H19F2N3O/c1-13-12-17(14-6-7-15(21)19(22)20(14)23-13)25-10-8-24(9-11-25)16-4-2-3-5-18(16)26/h2-7,12,26H,8-11H2,1H3. The SMILES string of the molecule is Cc1cc(N2CCN(c3ccccc3O)CC2)c2ccc(F)c(F)c2n1. The van der Waals surface area contributed by atoms with Crippen LogP contribution in [0.4, 0.5) is 20.2 Å². The number of piperazine rings is 1. The predicted molar refractivity (Wildman–Crippen MR) is 98.9 cm³/mol. The number of anilines is 2. The fraction of sp³-hybridized carbons (Fsp3) is 0.250. The average Bonchev–Trinajstić information content (AvgIpc) is 2.65. The molecule has 1 aliphatic rings. The van der Waals surface area contributed by atoms with E-state index >= 15 is 0 Å². The monoisotopic (exact) mass is 355 g/mol. The number of pyridine rings is 1. The van der Waals surface area contributed by atoms with Crippen molar-refractivity contribution < 1.29 is 13.9 Å². The fourth-order valence-electron chi connectivity index (χ4n) is 3.52. The van der Waals surface area contributed by atoms with E-state index in [0.29, 0.717) is 24.2 Å². The van der Waals surface area contributed by atoms with Gasteiger partial charge in [0.05, 0.1) is 5.69 Å². The van der Waals surface area contributed by atoms with Gasteiger partial charge < -0.3 is 14.9 Å². The summed E-state index contributed by atoms with van der Waals surface area (Å²) in [6, 6.07) is 11.9. The van der Waals surface area contributed by atoms with E-state index in [2.05, 4.69) is 14.8 Å². The molecule has 0 spiro atoms. The molecule has 3 aromatic rings. The Kier molecular flexibility index (Phi) is 4.11. The van der Waals surface area contributed by atoms with E-state index < -0.39 is 11.6 Å². The molecule has 134 valence electrons. The molecule has 1 fully saturated rings. The van der Waals surface area contributed by atoms with E-state index in [1.165, 1.54) is 0 Å². The molecule has 0 saturated carbocycles. The highest BCUT2D eigenvalue weighted by Gasteiger charge is 2.22. The third-order valence-corrected chi connectivity index (χ3v) is 4.82. The summed E-state index contributed by atoms with van der Waals surface area (Å²) in [5.41, 5.74) is 2.41. The Balaban J connectivity index is 1.64. The van der Waals surface area contributed by atoms with Crippen molar-refractivity contribution in [1.29, 1.82) is 0 Å². The molecule has 2 heterocycles. The van der Waals surface area contributed by atoms with E-state index in [4.69, 9.17) is 0 Å². The Hall–Kier alpha value is -2.89. The number of para-hydroxylation sites is 2. The molecule has 1 aliphatic heterocycles. The van der Waals surface area contributed by atoms with E-state index in [1.807, 2.05) is 18.2 Å². The van der Waals surface area contributed by atoms with Gasteiger partial charge in [0, 0.05) is 42.9 Å². The molecule has 0 atom stereocenters. The lowest BCUT2D eigenvalue weighted by atomic mass is 10.1. The summed E-state index contributed by atoms with van der Waals surface area (Å²) < 4.78 is 27.7. The van der Waals surface area contributed by atoms with Crippen LogP contribution < -0.4 is 9.80 Å². The number of benzene rings is 2. The summed E-state index contributed by atoms with van der Waals surface area (Å²) >= 11 is 0. The van der Waals surface area contributed by atoms with E-state index in [9.17, 15) is 13.9 Å². The van der Waals surface area contributed by atoms with Gasteiger partial charge >= 0.3 is 0 Å². The van der Waals surface area contributed by atoms with E-state index in [1.54, 1.807) is 25.1 Å². The highest BCUT2D eigenvalue weighted by molar-refractivity contribution is 5.92. The first-order chi connectivity index (χ1) is 12.5. The quantitative estimate of drug-likeness (QED) is 0.758. The number of halogens is 2. The minimum atomic E-state index is -0.903. The highest BCUT2D eigenvalue weighted by atomic mass is 19.2. The predicted octanol–water partition coefficient (Wildman–Crippen LogP) is 3.85. The molecule has 4 nitrogen and oxygen atoms in total. The maximum Gasteiger partial charge on any atom is 0.185 e. The largest absolute Gasteiger partial charge is 0.506 e. The van der Waals surface area contributed by atoms with Crippen molar-refractivity contribution in [3.8, 4) is 5.75 Å². The minimum absolute atomic E-state index is 0.0723. The number of nitrogens with zero attached hydrogens (tertiary/aromatic N) is 3. The van der Waals surface area contributed by atoms with Crippen LogP contribution in [0, 0.1) is 18.6 Å². The molecule has 6 heteroatoms. The van der Waals surface area contributed by atoms with Gasteiger partial charge in [-0.25, -0.2) is 13.8 Å². The van der Waals surface area contributed by atoms with Gasteiger partial charge in [0.15, 0.2) is 11.6 Å². The Morgan fingerprint density at radius 2 is 1.58 bits per heavy atom. The summed E-state index contributed by atoms with van der Waals surface area (Å²) in [6.07, 6.45) is 0. The van der Waals surface area contributed by atoms with Crippen LogP contribution >= 0.6 is 0 Å². The number of hydrogen-bond acceptors (Lipinski definition) is 4. The van der Waals surface area contributed by atoms with E-state index in [-0.39, 0.29) is 11.3 Å². The Bertz CT molecular complexity index is 969. The van der Waals surface area contributed by atoms with Crippen LogP contribution in [0.1, 0.15) is 5.69 Å². The van der Waals surface area contributed by atoms with Gasteiger partial charge in [-0.05, 0) is 37.3 Å². The number of rotatable bonds is 2. The third kappa shape index (κ3) is 2.81. The van der Waals surface area contributed by atoms with Crippen LogP contribution in [0.3, 0.4) is 0 Å². The fourth-order valence-corrected chi connectivity index (χ4v) is 3.52. The second-order valence-corrected chi connectivity index (χ2v) is 6.50. The average molecular weight is 355 g/mol. The lowest BCUT2D eigenvalue weighted by Crippen LogP contribution is -2.46. The molecular weight excluding hydrogens is 336 g/mol. The number of phenolic OH excluding ortho intramolecular Hbond substituents is 1. The Morgan fingerprint density at radius 1 is 0.923 bits per heavy atom. The summed E-state index contributed by atoms with van der Waals surface area (Å²) in [5, 5.41) is 10.7. The number of aromatic nitrogens is 1. The normalized spacial score (nSPS) is 14.9. The Labute approximate surface area is 150 Å². The van der Waals surface area contributed by atoms with Crippen LogP contribution in [-0.2, 0) is 0 Å². The molecule has 0 bridgehead atoms. The number of fused-ring (bicyclic) bond motifs is 1. The van der Waals surface area contributed by atoms with Gasteiger partial charge in [0.2, 0.25) is 0 Å². The summed E-state index contributed by atoms with van der Waals surface area (Å²) in [5.74, 6) is -1.52. The zero-order valence-electron chi connectivity index (χ0n) is 14.4. The maximum absolute atomic E-state index is 14.2. The van der Waals surface area contributed by atoms with Gasteiger partial charge in [-0.15, -0.1) is 0 Å². The zero-order chi connectivity index (χ0) is 18.3. The number of aryl methyl sites for hydroxylation is 1. The molecule has 1 N–H and O–H groups in total. The van der Waals surface area contributed by atoms with Gasteiger partial charge in [0.25, 0.3) is 0 Å². The smallest absolute Gasteiger partial charge is 0.185 e. The van der Waals surface area contributed by atoms with Crippen molar-refractivity contribution in [2.24, 2.45) is 0 Å². The van der Waals surface area contributed by atoms with Crippen LogP contribution in [0.15, 0.2) is 42.5 Å². The van der Waals surface area contributed by atoms with Gasteiger partial charge in [-0.1, -0.05) is 12.1 Å². The van der Waals surface area contributed by atoms with Gasteiger partial charge in [-0.2, -0.15) is 0 Å². The summed E-state index contributed by atoms with van der Waals surface area (Å²) in [6.45, 7) is 4.66. The first-order valence-corrected chi connectivity index (χ1v) is 8.58. The zero-order valence-corrected chi connectivity index (χ0v) is 14.4. The third-order valence-electron chi connectivity index (χ3n) is 4.82.